The molecule has 1 N–H and O–H groups in total. The van der Waals surface area contributed by atoms with Crippen LogP contribution in [0.4, 0.5) is 11.5 Å². The number of carbonyl (C=O) groups excluding carboxylic acids is 1. The van der Waals surface area contributed by atoms with Crippen molar-refractivity contribution in [2.24, 2.45) is 0 Å². The number of anilines is 2. The summed E-state index contributed by atoms with van der Waals surface area (Å²) >= 11 is 0. The molecule has 0 unspecified atom stereocenters. The average Bonchev–Trinajstić information content (AvgIpc) is 2.72. The number of hydrogen-bond acceptors (Lipinski definition) is 4. The maximum atomic E-state index is 12.7. The number of likely N-dealkylation sites (N-methyl/N-ethyl adjacent to an activating group) is 1. The maximum Gasteiger partial charge on any atom is 0.255 e. The second-order valence-corrected chi connectivity index (χ2v) is 8.18. The highest BCUT2D eigenvalue weighted by Gasteiger charge is 2.18. The van der Waals surface area contributed by atoms with Crippen LogP contribution in [0.1, 0.15) is 42.3 Å². The predicted octanol–water partition coefficient (Wildman–Crippen LogP) is 4.83. The molecule has 0 aliphatic carbocycles. The summed E-state index contributed by atoms with van der Waals surface area (Å²) in [5.41, 5.74) is 4.02. The molecule has 0 bridgehead atoms. The number of nitrogens with zero attached hydrogens (tertiary/aromatic N) is 3. The lowest BCUT2D eigenvalue weighted by molar-refractivity contribution is 0.0796. The largest absolute Gasteiger partial charge is 0.341 e. The number of nitrogens with one attached hydrogen (secondary N) is 1. The van der Waals surface area contributed by atoms with E-state index in [1.807, 2.05) is 49.5 Å². The van der Waals surface area contributed by atoms with E-state index < -0.39 is 0 Å². The van der Waals surface area contributed by atoms with E-state index in [0.29, 0.717) is 12.1 Å². The van der Waals surface area contributed by atoms with Gasteiger partial charge >= 0.3 is 0 Å². The van der Waals surface area contributed by atoms with E-state index in [2.05, 4.69) is 42.1 Å². The summed E-state index contributed by atoms with van der Waals surface area (Å²) in [4.78, 5) is 22.9. The second kappa shape index (κ2) is 8.86. The average molecular weight is 389 g/mol. The molecule has 1 aromatic carbocycles. The summed E-state index contributed by atoms with van der Waals surface area (Å²) in [5, 5.41) is 3.38. The number of carbonyl (C=O) groups is 1. The van der Waals surface area contributed by atoms with Crippen molar-refractivity contribution in [1.82, 2.24) is 14.9 Å². The fourth-order valence-electron chi connectivity index (χ4n) is 3.15. The smallest absolute Gasteiger partial charge is 0.255 e. The third-order valence-corrected chi connectivity index (χ3v) is 4.84. The lowest BCUT2D eigenvalue weighted by Crippen LogP contribution is -2.28. The van der Waals surface area contributed by atoms with Crippen LogP contribution in [0.2, 0.25) is 0 Å². The van der Waals surface area contributed by atoms with Crippen LogP contribution in [-0.2, 0) is 11.8 Å². The standard InChI is InChI=1S/C24H28N4O/c1-24(2,3)20-7-5-6-8-21(20)27-22-10-9-19(17-26-22)23(29)28(4)16-13-18-11-14-25-15-12-18/h5-12,14-15,17H,13,16H2,1-4H3,(H,26,27). The van der Waals surface area contributed by atoms with E-state index in [0.717, 1.165) is 23.5 Å². The minimum absolute atomic E-state index is 0.0248. The Morgan fingerprint density at radius 1 is 1.03 bits per heavy atom. The van der Waals surface area contributed by atoms with Gasteiger partial charge in [0.15, 0.2) is 0 Å². The quantitative estimate of drug-likeness (QED) is 0.657. The highest BCUT2D eigenvalue weighted by atomic mass is 16.2. The van der Waals surface area contributed by atoms with Crippen LogP contribution in [0.3, 0.4) is 0 Å². The molecule has 29 heavy (non-hydrogen) atoms. The maximum absolute atomic E-state index is 12.7. The Morgan fingerprint density at radius 2 is 1.76 bits per heavy atom. The van der Waals surface area contributed by atoms with Crippen molar-refractivity contribution in [1.29, 1.82) is 0 Å². The van der Waals surface area contributed by atoms with Crippen molar-refractivity contribution < 1.29 is 4.79 Å². The van der Waals surface area contributed by atoms with E-state index in [1.165, 1.54) is 5.56 Å². The molecule has 5 heteroatoms. The van der Waals surface area contributed by atoms with Gasteiger partial charge in [0.1, 0.15) is 5.82 Å². The minimum Gasteiger partial charge on any atom is -0.341 e. The molecule has 0 aliphatic rings. The Labute approximate surface area is 172 Å². The van der Waals surface area contributed by atoms with Gasteiger partial charge in [0, 0.05) is 37.9 Å². The molecule has 0 spiro atoms. The first-order valence-corrected chi connectivity index (χ1v) is 9.81. The van der Waals surface area contributed by atoms with E-state index in [-0.39, 0.29) is 11.3 Å². The molecule has 0 radical (unpaired) electrons. The number of amides is 1. The lowest BCUT2D eigenvalue weighted by Gasteiger charge is -2.23. The summed E-state index contributed by atoms with van der Waals surface area (Å²) < 4.78 is 0. The minimum atomic E-state index is -0.0341. The molecule has 0 saturated heterocycles. The third kappa shape index (κ3) is 5.41. The topological polar surface area (TPSA) is 58.1 Å². The van der Waals surface area contributed by atoms with Gasteiger partial charge in [0.2, 0.25) is 0 Å². The molecule has 3 aromatic rings. The highest BCUT2D eigenvalue weighted by molar-refractivity contribution is 5.94. The van der Waals surface area contributed by atoms with Crippen LogP contribution < -0.4 is 5.32 Å². The van der Waals surface area contributed by atoms with Gasteiger partial charge in [0.05, 0.1) is 5.56 Å². The second-order valence-electron chi connectivity index (χ2n) is 8.18. The predicted molar refractivity (Wildman–Crippen MR) is 118 cm³/mol. The third-order valence-electron chi connectivity index (χ3n) is 4.84. The summed E-state index contributed by atoms with van der Waals surface area (Å²) in [5.74, 6) is 0.686. The van der Waals surface area contributed by atoms with E-state index in [9.17, 15) is 4.79 Å². The van der Waals surface area contributed by atoms with Gasteiger partial charge in [-0.1, -0.05) is 39.0 Å². The van der Waals surface area contributed by atoms with Crippen LogP contribution in [0, 0.1) is 0 Å². The zero-order valence-electron chi connectivity index (χ0n) is 17.5. The molecule has 150 valence electrons. The van der Waals surface area contributed by atoms with Gasteiger partial charge in [0.25, 0.3) is 5.91 Å². The summed E-state index contributed by atoms with van der Waals surface area (Å²) in [6.07, 6.45) is 5.96. The van der Waals surface area contributed by atoms with Gasteiger partial charge in [-0.05, 0) is 53.3 Å². The van der Waals surface area contributed by atoms with E-state index in [4.69, 9.17) is 0 Å². The fourth-order valence-corrected chi connectivity index (χ4v) is 3.15. The Balaban J connectivity index is 1.65. The molecule has 1 amide bonds. The van der Waals surface area contributed by atoms with Crippen molar-refractivity contribution in [3.8, 4) is 0 Å². The monoisotopic (exact) mass is 388 g/mol. The molecule has 0 fully saturated rings. The normalized spacial score (nSPS) is 11.2. The molecule has 0 saturated carbocycles. The van der Waals surface area contributed by atoms with Gasteiger partial charge < -0.3 is 10.2 Å². The number of benzene rings is 1. The van der Waals surface area contributed by atoms with Crippen molar-refractivity contribution in [2.45, 2.75) is 32.6 Å². The van der Waals surface area contributed by atoms with E-state index >= 15 is 0 Å². The Hall–Kier alpha value is -3.21. The SMILES string of the molecule is CN(CCc1ccncc1)C(=O)c1ccc(Nc2ccccc2C(C)(C)C)nc1. The number of hydrogen-bond donors (Lipinski definition) is 1. The first kappa shape index (κ1) is 20.5. The Bertz CT molecular complexity index is 947. The molecule has 5 nitrogen and oxygen atoms in total. The van der Waals surface area contributed by atoms with Crippen LogP contribution in [0.15, 0.2) is 67.1 Å². The molecule has 2 aromatic heterocycles. The lowest BCUT2D eigenvalue weighted by atomic mass is 9.86. The van der Waals surface area contributed by atoms with Crippen molar-refractivity contribution in [3.63, 3.8) is 0 Å². The Kier molecular flexibility index (Phi) is 6.27. The number of aromatic nitrogens is 2. The van der Waals surface area contributed by atoms with Crippen LogP contribution in [0.5, 0.6) is 0 Å². The van der Waals surface area contributed by atoms with Gasteiger partial charge in [-0.15, -0.1) is 0 Å². The van der Waals surface area contributed by atoms with Crippen molar-refractivity contribution >= 4 is 17.4 Å². The zero-order chi connectivity index (χ0) is 20.9. The molecule has 0 atom stereocenters. The van der Waals surface area contributed by atoms with Gasteiger partial charge in [-0.25, -0.2) is 4.98 Å². The number of pyridine rings is 2. The Morgan fingerprint density at radius 3 is 2.41 bits per heavy atom. The zero-order valence-corrected chi connectivity index (χ0v) is 17.5. The summed E-state index contributed by atoms with van der Waals surface area (Å²) in [7, 11) is 1.81. The fraction of sp³-hybridized carbons (Fsp3) is 0.292. The molecular formula is C24H28N4O. The molecule has 3 rings (SSSR count). The molecule has 0 aliphatic heterocycles. The highest BCUT2D eigenvalue weighted by Crippen LogP contribution is 2.30. The van der Waals surface area contributed by atoms with Crippen LogP contribution in [-0.4, -0.2) is 34.4 Å². The summed E-state index contributed by atoms with van der Waals surface area (Å²) in [6, 6.07) is 15.8. The van der Waals surface area contributed by atoms with Crippen LogP contribution >= 0.6 is 0 Å². The molecular weight excluding hydrogens is 360 g/mol. The van der Waals surface area contributed by atoms with Gasteiger partial charge in [-0.3, -0.25) is 9.78 Å². The first-order valence-electron chi connectivity index (χ1n) is 9.81. The van der Waals surface area contributed by atoms with Gasteiger partial charge in [-0.2, -0.15) is 0 Å². The number of rotatable bonds is 6. The van der Waals surface area contributed by atoms with Crippen molar-refractivity contribution in [3.05, 3.63) is 83.8 Å². The van der Waals surface area contributed by atoms with E-state index in [1.54, 1.807) is 23.5 Å². The summed E-state index contributed by atoms with van der Waals surface area (Å²) in [6.45, 7) is 7.20. The molecule has 2 heterocycles. The van der Waals surface area contributed by atoms with Crippen molar-refractivity contribution in [2.75, 3.05) is 18.9 Å². The van der Waals surface area contributed by atoms with Crippen LogP contribution in [0.25, 0.3) is 0 Å². The first-order chi connectivity index (χ1) is 13.8. The number of para-hydroxylation sites is 1.